The van der Waals surface area contributed by atoms with Crippen molar-refractivity contribution >= 4 is 22.8 Å². The first-order valence-corrected chi connectivity index (χ1v) is 9.37. The molecule has 0 bridgehead atoms. The summed E-state index contributed by atoms with van der Waals surface area (Å²) in [5.41, 5.74) is 4.69. The van der Waals surface area contributed by atoms with Crippen LogP contribution in [0.15, 0.2) is 47.1 Å². The van der Waals surface area contributed by atoms with Gasteiger partial charge in [-0.05, 0) is 54.8 Å². The van der Waals surface area contributed by atoms with Gasteiger partial charge in [-0.1, -0.05) is 12.1 Å². The molecular formula is C23H25NO5. The molecule has 0 aliphatic heterocycles. The van der Waals surface area contributed by atoms with Crippen LogP contribution in [0.3, 0.4) is 0 Å². The highest BCUT2D eigenvalue weighted by molar-refractivity contribution is 5.87. The number of aryl methyl sites for hydroxylation is 2. The minimum Gasteiger partial charge on any atom is -0.497 e. The van der Waals surface area contributed by atoms with E-state index in [1.165, 1.54) is 4.90 Å². The number of hydrogen-bond acceptors (Lipinski definition) is 5. The number of carbonyl (C=O) groups excluding carboxylic acids is 2. The smallest absolute Gasteiger partial charge is 0.310 e. The number of hydrogen-bond donors (Lipinski definition) is 0. The summed E-state index contributed by atoms with van der Waals surface area (Å²) in [5.74, 6) is -0.00806. The fourth-order valence-corrected chi connectivity index (χ4v) is 3.06. The van der Waals surface area contributed by atoms with Crippen LogP contribution in [0, 0.1) is 13.8 Å². The molecule has 152 valence electrons. The molecular weight excluding hydrogens is 370 g/mol. The number of likely N-dealkylation sites (N-methyl/N-ethyl adjacent to an activating group) is 1. The number of methoxy groups -OCH3 is 1. The Morgan fingerprint density at radius 1 is 1.10 bits per heavy atom. The lowest BCUT2D eigenvalue weighted by atomic mass is 10.0. The molecule has 2 aromatic carbocycles. The number of furan rings is 1. The lowest BCUT2D eigenvalue weighted by molar-refractivity contribution is -0.151. The largest absolute Gasteiger partial charge is 0.497 e. The van der Waals surface area contributed by atoms with Crippen LogP contribution in [0.2, 0.25) is 0 Å². The Hall–Kier alpha value is -3.28. The second-order valence-corrected chi connectivity index (χ2v) is 7.13. The fraction of sp³-hybridized carbons (Fsp3) is 0.304. The van der Waals surface area contributed by atoms with Crippen molar-refractivity contribution in [1.82, 2.24) is 4.90 Å². The highest BCUT2D eigenvalue weighted by Crippen LogP contribution is 2.25. The summed E-state index contributed by atoms with van der Waals surface area (Å²) in [7, 11) is 3.27. The molecule has 0 saturated heterocycles. The molecule has 0 atom stereocenters. The van der Waals surface area contributed by atoms with Crippen molar-refractivity contribution in [3.05, 3.63) is 64.9 Å². The van der Waals surface area contributed by atoms with E-state index >= 15 is 0 Å². The Labute approximate surface area is 170 Å². The van der Waals surface area contributed by atoms with Gasteiger partial charge in [-0.2, -0.15) is 0 Å². The van der Waals surface area contributed by atoms with Gasteiger partial charge in [0.05, 0.1) is 19.8 Å². The third-order valence-corrected chi connectivity index (χ3v) is 4.94. The molecule has 0 N–H and O–H groups in total. The van der Waals surface area contributed by atoms with Crippen molar-refractivity contribution in [2.45, 2.75) is 26.8 Å². The molecule has 3 aromatic rings. The lowest BCUT2D eigenvalue weighted by Crippen LogP contribution is -2.31. The molecule has 1 amide bonds. The van der Waals surface area contributed by atoms with Gasteiger partial charge in [0.15, 0.2) is 6.61 Å². The van der Waals surface area contributed by atoms with E-state index in [1.807, 2.05) is 50.2 Å². The average molecular weight is 395 g/mol. The summed E-state index contributed by atoms with van der Waals surface area (Å²) in [6.07, 6.45) is 1.63. The van der Waals surface area contributed by atoms with E-state index in [9.17, 15) is 9.59 Å². The first-order valence-electron chi connectivity index (χ1n) is 9.37. The van der Waals surface area contributed by atoms with Gasteiger partial charge in [-0.15, -0.1) is 0 Å². The zero-order chi connectivity index (χ0) is 21.0. The van der Waals surface area contributed by atoms with Gasteiger partial charge in [-0.25, -0.2) is 0 Å². The first-order chi connectivity index (χ1) is 13.9. The van der Waals surface area contributed by atoms with Crippen molar-refractivity contribution in [3.63, 3.8) is 0 Å². The molecule has 0 fully saturated rings. The number of esters is 1. The van der Waals surface area contributed by atoms with Gasteiger partial charge in [-0.3, -0.25) is 9.59 Å². The summed E-state index contributed by atoms with van der Waals surface area (Å²) in [6, 6.07) is 11.4. The molecule has 6 nitrogen and oxygen atoms in total. The third-order valence-electron chi connectivity index (χ3n) is 4.94. The molecule has 0 aliphatic rings. The predicted molar refractivity (Wildman–Crippen MR) is 110 cm³/mol. The van der Waals surface area contributed by atoms with Crippen LogP contribution in [-0.4, -0.2) is 37.5 Å². The lowest BCUT2D eigenvalue weighted by Gasteiger charge is -2.17. The molecule has 29 heavy (non-hydrogen) atoms. The van der Waals surface area contributed by atoms with Gasteiger partial charge in [0.2, 0.25) is 0 Å². The fourth-order valence-electron chi connectivity index (χ4n) is 3.06. The topological polar surface area (TPSA) is 69.0 Å². The number of amides is 1. The number of carbonyl (C=O) groups is 2. The van der Waals surface area contributed by atoms with Crippen LogP contribution in [0.1, 0.15) is 22.3 Å². The molecule has 1 aromatic heterocycles. The minimum atomic E-state index is -0.464. The van der Waals surface area contributed by atoms with E-state index in [2.05, 4.69) is 0 Å². The zero-order valence-electron chi connectivity index (χ0n) is 17.2. The molecule has 0 aliphatic carbocycles. The van der Waals surface area contributed by atoms with Gasteiger partial charge in [0.1, 0.15) is 11.3 Å². The zero-order valence-corrected chi connectivity index (χ0v) is 17.2. The van der Waals surface area contributed by atoms with Gasteiger partial charge in [0.25, 0.3) is 5.91 Å². The van der Waals surface area contributed by atoms with Gasteiger partial charge < -0.3 is 18.8 Å². The van der Waals surface area contributed by atoms with E-state index in [4.69, 9.17) is 13.9 Å². The Morgan fingerprint density at radius 2 is 1.86 bits per heavy atom. The second kappa shape index (κ2) is 8.82. The Morgan fingerprint density at radius 3 is 2.62 bits per heavy atom. The molecule has 6 heteroatoms. The highest BCUT2D eigenvalue weighted by Gasteiger charge is 2.16. The quantitative estimate of drug-likeness (QED) is 0.569. The van der Waals surface area contributed by atoms with Crippen molar-refractivity contribution in [2.75, 3.05) is 20.8 Å². The highest BCUT2D eigenvalue weighted by atomic mass is 16.5. The number of rotatable bonds is 7. The van der Waals surface area contributed by atoms with Crippen molar-refractivity contribution in [2.24, 2.45) is 0 Å². The molecule has 1 heterocycles. The Balaban J connectivity index is 1.54. The summed E-state index contributed by atoms with van der Waals surface area (Å²) in [6.45, 7) is 4.13. The summed E-state index contributed by atoms with van der Waals surface area (Å²) in [4.78, 5) is 26.0. The number of fused-ring (bicyclic) bond motifs is 1. The maximum absolute atomic E-state index is 12.3. The normalized spacial score (nSPS) is 10.8. The second-order valence-electron chi connectivity index (χ2n) is 7.13. The summed E-state index contributed by atoms with van der Waals surface area (Å²) >= 11 is 0. The van der Waals surface area contributed by atoms with Crippen LogP contribution in [0.5, 0.6) is 5.75 Å². The van der Waals surface area contributed by atoms with E-state index in [1.54, 1.807) is 20.4 Å². The molecule has 0 spiro atoms. The monoisotopic (exact) mass is 395 g/mol. The van der Waals surface area contributed by atoms with Crippen LogP contribution >= 0.6 is 0 Å². The van der Waals surface area contributed by atoms with Crippen LogP contribution < -0.4 is 4.74 Å². The van der Waals surface area contributed by atoms with Gasteiger partial charge in [0, 0.05) is 24.5 Å². The van der Waals surface area contributed by atoms with Crippen molar-refractivity contribution in [1.29, 1.82) is 0 Å². The first kappa shape index (κ1) is 20.5. The Kier molecular flexibility index (Phi) is 6.22. The average Bonchev–Trinajstić information content (AvgIpc) is 3.07. The maximum atomic E-state index is 12.3. The van der Waals surface area contributed by atoms with E-state index in [-0.39, 0.29) is 18.9 Å². The number of nitrogens with zero attached hydrogens (tertiary/aromatic N) is 1. The number of ether oxygens (including phenoxy) is 2. The minimum absolute atomic E-state index is 0.0579. The van der Waals surface area contributed by atoms with Crippen LogP contribution in [-0.2, 0) is 27.3 Å². The molecule has 3 rings (SSSR count). The third kappa shape index (κ3) is 4.96. The van der Waals surface area contributed by atoms with E-state index < -0.39 is 5.97 Å². The molecule has 0 saturated carbocycles. The maximum Gasteiger partial charge on any atom is 0.310 e. The summed E-state index contributed by atoms with van der Waals surface area (Å²) < 4.78 is 15.9. The van der Waals surface area contributed by atoms with Crippen molar-refractivity contribution < 1.29 is 23.5 Å². The van der Waals surface area contributed by atoms with E-state index in [0.717, 1.165) is 39.0 Å². The van der Waals surface area contributed by atoms with Crippen molar-refractivity contribution in [3.8, 4) is 5.75 Å². The van der Waals surface area contributed by atoms with E-state index in [0.29, 0.717) is 6.54 Å². The van der Waals surface area contributed by atoms with Gasteiger partial charge >= 0.3 is 5.97 Å². The molecule has 0 unspecified atom stereocenters. The van der Waals surface area contributed by atoms with Crippen LogP contribution in [0.25, 0.3) is 11.0 Å². The molecule has 0 radical (unpaired) electrons. The number of benzene rings is 2. The predicted octanol–water partition coefficient (Wildman–Crippen LogP) is 3.80. The van der Waals surface area contributed by atoms with Crippen LogP contribution in [0.4, 0.5) is 0 Å². The Bertz CT molecular complexity index is 1040. The summed E-state index contributed by atoms with van der Waals surface area (Å²) in [5, 5.41) is 0.895. The standard InChI is InChI=1S/C23H25NO5/c1-15-8-20-18(13-28-21(20)9-16(15)2)11-23(26)29-14-22(25)24(3)12-17-6-5-7-19(10-17)27-4/h5-10,13H,11-12,14H2,1-4H3. The SMILES string of the molecule is COc1cccc(CN(C)C(=O)COC(=O)Cc2coc3cc(C)c(C)cc23)c1.